The molecule has 1 saturated heterocycles. The second kappa shape index (κ2) is 11.4. The molecule has 1 aliphatic heterocycles. The molecule has 4 rings (SSSR count). The molecule has 2 aromatic carbocycles. The highest BCUT2D eigenvalue weighted by Crippen LogP contribution is 2.33. The first-order chi connectivity index (χ1) is 16.9. The van der Waals surface area contributed by atoms with Crippen LogP contribution in [0.15, 0.2) is 42.5 Å². The van der Waals surface area contributed by atoms with Crippen molar-refractivity contribution in [3.8, 4) is 11.3 Å². The van der Waals surface area contributed by atoms with Crippen molar-refractivity contribution in [2.45, 2.75) is 39.2 Å². The van der Waals surface area contributed by atoms with E-state index in [0.29, 0.717) is 51.5 Å². The minimum atomic E-state index is -0.315. The van der Waals surface area contributed by atoms with Crippen molar-refractivity contribution in [1.29, 1.82) is 0 Å². The molecule has 0 spiro atoms. The molecule has 1 aliphatic rings. The number of nitrogens with one attached hydrogen (secondary N) is 2. The van der Waals surface area contributed by atoms with E-state index < -0.39 is 0 Å². The van der Waals surface area contributed by atoms with Crippen LogP contribution >= 0.6 is 34.8 Å². The molecule has 0 saturated carbocycles. The molecule has 0 radical (unpaired) electrons. The molecule has 7 nitrogen and oxygen atoms in total. The second-order valence-corrected chi connectivity index (χ2v) is 9.57. The minimum Gasteiger partial charge on any atom is -0.352 e. The van der Waals surface area contributed by atoms with Crippen molar-refractivity contribution in [2.24, 2.45) is 0 Å². The number of aromatic amines is 1. The number of benzene rings is 2. The molecule has 0 aliphatic carbocycles. The molecule has 0 atom stereocenters. The first-order valence-corrected chi connectivity index (χ1v) is 12.7. The molecular formula is C25H26Cl3N5O2. The van der Waals surface area contributed by atoms with Crippen molar-refractivity contribution < 1.29 is 9.59 Å². The number of hydrazine groups is 1. The summed E-state index contributed by atoms with van der Waals surface area (Å²) in [6, 6.07) is 12.3. The number of halogens is 3. The molecule has 2 amide bonds. The van der Waals surface area contributed by atoms with Gasteiger partial charge in [0.2, 0.25) is 5.91 Å². The lowest BCUT2D eigenvalue weighted by Gasteiger charge is -2.37. The van der Waals surface area contributed by atoms with Gasteiger partial charge in [-0.1, -0.05) is 60.3 Å². The van der Waals surface area contributed by atoms with E-state index >= 15 is 0 Å². The van der Waals surface area contributed by atoms with E-state index in [1.807, 2.05) is 17.1 Å². The zero-order chi connectivity index (χ0) is 24.9. The molecule has 2 heterocycles. The lowest BCUT2D eigenvalue weighted by atomic mass is 10.0. The summed E-state index contributed by atoms with van der Waals surface area (Å²) in [5.41, 5.74) is 2.75. The number of hydrogen-bond donors (Lipinski definition) is 2. The van der Waals surface area contributed by atoms with Gasteiger partial charge in [0.25, 0.3) is 5.91 Å². The fourth-order valence-corrected chi connectivity index (χ4v) is 4.71. The van der Waals surface area contributed by atoms with Crippen molar-refractivity contribution in [1.82, 2.24) is 20.5 Å². The Morgan fingerprint density at radius 2 is 1.71 bits per heavy atom. The Morgan fingerprint density at radius 1 is 1.03 bits per heavy atom. The standard InChI is InChI=1S/C25H26Cl3N5O2/c1-2-22(34)29-15-19-23(16-6-8-17(26)9-7-16)30-31-24(19)25(35)33(32-12-4-3-5-13-32)21-11-10-18(27)14-20(21)28/h6-11,14H,2-5,12-13,15H2,1H3,(H,29,34)(H,30,31). The van der Waals surface area contributed by atoms with E-state index in [9.17, 15) is 9.59 Å². The van der Waals surface area contributed by atoms with Crippen LogP contribution in [0.25, 0.3) is 11.3 Å². The maximum Gasteiger partial charge on any atom is 0.291 e. The smallest absolute Gasteiger partial charge is 0.291 e. The van der Waals surface area contributed by atoms with Crippen molar-refractivity contribution in [3.63, 3.8) is 0 Å². The summed E-state index contributed by atoms with van der Waals surface area (Å²) < 4.78 is 0. The maximum atomic E-state index is 14.1. The van der Waals surface area contributed by atoms with E-state index in [4.69, 9.17) is 34.8 Å². The summed E-state index contributed by atoms with van der Waals surface area (Å²) in [7, 11) is 0. The number of piperidine rings is 1. The Morgan fingerprint density at radius 3 is 2.37 bits per heavy atom. The third kappa shape index (κ3) is 5.81. The fraction of sp³-hybridized carbons (Fsp3) is 0.320. The quantitative estimate of drug-likeness (QED) is 0.383. The van der Waals surface area contributed by atoms with Gasteiger partial charge in [0, 0.05) is 47.2 Å². The third-order valence-electron chi connectivity index (χ3n) is 5.93. The third-order valence-corrected chi connectivity index (χ3v) is 6.72. The van der Waals surface area contributed by atoms with Gasteiger partial charge in [0.1, 0.15) is 5.69 Å². The molecule has 184 valence electrons. The van der Waals surface area contributed by atoms with Crippen LogP contribution in [0.5, 0.6) is 0 Å². The number of amides is 2. The Bertz CT molecular complexity index is 1210. The average molecular weight is 535 g/mol. The lowest BCUT2D eigenvalue weighted by Crippen LogP contribution is -2.49. The van der Waals surface area contributed by atoms with Gasteiger partial charge in [-0.2, -0.15) is 5.10 Å². The zero-order valence-corrected chi connectivity index (χ0v) is 21.6. The van der Waals surface area contributed by atoms with Crippen LogP contribution in [0.2, 0.25) is 15.1 Å². The summed E-state index contributed by atoms with van der Waals surface area (Å²) >= 11 is 18.7. The summed E-state index contributed by atoms with van der Waals surface area (Å²) in [5, 5.41) is 15.3. The Labute approximate surface area is 219 Å². The molecule has 10 heteroatoms. The van der Waals surface area contributed by atoms with Crippen LogP contribution in [-0.4, -0.2) is 40.1 Å². The second-order valence-electron chi connectivity index (χ2n) is 8.29. The van der Waals surface area contributed by atoms with Crippen LogP contribution < -0.4 is 10.3 Å². The monoisotopic (exact) mass is 533 g/mol. The van der Waals surface area contributed by atoms with Crippen molar-refractivity contribution >= 4 is 52.3 Å². The highest BCUT2D eigenvalue weighted by atomic mass is 35.5. The van der Waals surface area contributed by atoms with E-state index in [-0.39, 0.29) is 24.1 Å². The summed E-state index contributed by atoms with van der Waals surface area (Å²) in [6.45, 7) is 3.34. The Kier molecular flexibility index (Phi) is 8.34. The Hall–Kier alpha value is -2.58. The summed E-state index contributed by atoms with van der Waals surface area (Å²) in [4.78, 5) is 26.2. The average Bonchev–Trinajstić information content (AvgIpc) is 3.29. The van der Waals surface area contributed by atoms with Crippen LogP contribution in [0.4, 0.5) is 5.69 Å². The highest BCUT2D eigenvalue weighted by Gasteiger charge is 2.31. The zero-order valence-electron chi connectivity index (χ0n) is 19.3. The normalized spacial score (nSPS) is 14.1. The largest absolute Gasteiger partial charge is 0.352 e. The van der Waals surface area contributed by atoms with Gasteiger partial charge in [-0.15, -0.1) is 0 Å². The van der Waals surface area contributed by atoms with E-state index in [0.717, 1.165) is 24.8 Å². The van der Waals surface area contributed by atoms with Crippen LogP contribution in [-0.2, 0) is 11.3 Å². The predicted octanol–water partition coefficient (Wildman–Crippen LogP) is 6.11. The Balaban J connectivity index is 1.79. The van der Waals surface area contributed by atoms with Crippen LogP contribution in [0.1, 0.15) is 48.7 Å². The lowest BCUT2D eigenvalue weighted by molar-refractivity contribution is -0.120. The van der Waals surface area contributed by atoms with Crippen molar-refractivity contribution in [3.05, 3.63) is 68.8 Å². The number of H-pyrrole nitrogens is 1. The van der Waals surface area contributed by atoms with E-state index in [1.165, 1.54) is 0 Å². The number of aromatic nitrogens is 2. The molecule has 1 aromatic heterocycles. The number of anilines is 1. The van der Waals surface area contributed by atoms with Crippen molar-refractivity contribution in [2.75, 3.05) is 18.1 Å². The molecule has 3 aromatic rings. The van der Waals surface area contributed by atoms with Gasteiger partial charge >= 0.3 is 0 Å². The number of carbonyl (C=O) groups excluding carboxylic acids is 2. The molecule has 0 bridgehead atoms. The summed E-state index contributed by atoms with van der Waals surface area (Å²) in [5.74, 6) is -0.440. The first kappa shape index (κ1) is 25.5. The van der Waals surface area contributed by atoms with Gasteiger partial charge < -0.3 is 5.32 Å². The summed E-state index contributed by atoms with van der Waals surface area (Å²) in [6.07, 6.45) is 3.37. The number of hydrogen-bond acceptors (Lipinski definition) is 4. The number of rotatable bonds is 7. The van der Waals surface area contributed by atoms with Gasteiger partial charge in [0.05, 0.1) is 16.4 Å². The van der Waals surface area contributed by atoms with Gasteiger partial charge in [-0.25, -0.2) is 10.0 Å². The first-order valence-electron chi connectivity index (χ1n) is 11.5. The minimum absolute atomic E-state index is 0.125. The van der Waals surface area contributed by atoms with E-state index in [1.54, 1.807) is 42.3 Å². The van der Waals surface area contributed by atoms with Gasteiger partial charge in [-0.3, -0.25) is 14.7 Å². The molecule has 35 heavy (non-hydrogen) atoms. The topological polar surface area (TPSA) is 81.3 Å². The molecule has 2 N–H and O–H groups in total. The molecule has 0 unspecified atom stereocenters. The maximum absolute atomic E-state index is 14.1. The van der Waals surface area contributed by atoms with Gasteiger partial charge in [0.15, 0.2) is 0 Å². The van der Waals surface area contributed by atoms with Crippen LogP contribution in [0, 0.1) is 0 Å². The molecule has 1 fully saturated rings. The fourth-order valence-electron chi connectivity index (χ4n) is 4.10. The SMILES string of the molecule is CCC(=O)NCc1c(-c2ccc(Cl)cc2)n[nH]c1C(=O)N(c1ccc(Cl)cc1Cl)N1CCCCC1. The molecular weight excluding hydrogens is 509 g/mol. The highest BCUT2D eigenvalue weighted by molar-refractivity contribution is 6.37. The van der Waals surface area contributed by atoms with Gasteiger partial charge in [-0.05, 0) is 43.2 Å². The number of carbonyl (C=O) groups is 2. The van der Waals surface area contributed by atoms with Crippen LogP contribution in [0.3, 0.4) is 0 Å². The van der Waals surface area contributed by atoms with E-state index in [2.05, 4.69) is 15.5 Å². The predicted molar refractivity (Wildman–Crippen MR) is 140 cm³/mol. The number of nitrogens with zero attached hydrogens (tertiary/aromatic N) is 3.